The molecule has 0 aromatic carbocycles. The zero-order valence-corrected chi connectivity index (χ0v) is 13.8. The van der Waals surface area contributed by atoms with E-state index in [0.29, 0.717) is 6.54 Å². The van der Waals surface area contributed by atoms with E-state index in [2.05, 4.69) is 10.2 Å². The average Bonchev–Trinajstić information content (AvgIpc) is 3.22. The van der Waals surface area contributed by atoms with Crippen LogP contribution in [0, 0.1) is 5.92 Å². The van der Waals surface area contributed by atoms with Crippen molar-refractivity contribution < 1.29 is 14.3 Å². The van der Waals surface area contributed by atoms with E-state index in [4.69, 9.17) is 4.74 Å². The van der Waals surface area contributed by atoms with Gasteiger partial charge >= 0.3 is 5.97 Å². The molecule has 0 aliphatic carbocycles. The Balaban J connectivity index is 1.66. The van der Waals surface area contributed by atoms with Crippen LogP contribution in [0.3, 0.4) is 0 Å². The summed E-state index contributed by atoms with van der Waals surface area (Å²) in [6, 6.07) is 5.62. The van der Waals surface area contributed by atoms with Gasteiger partial charge in [-0.25, -0.2) is 0 Å². The number of fused-ring (bicyclic) bond motifs is 1. The smallest absolute Gasteiger partial charge is 0.307 e. The summed E-state index contributed by atoms with van der Waals surface area (Å²) >= 11 is 0. The van der Waals surface area contributed by atoms with Gasteiger partial charge in [0, 0.05) is 12.7 Å². The molecule has 24 heavy (non-hydrogen) atoms. The van der Waals surface area contributed by atoms with Gasteiger partial charge in [0.1, 0.15) is 5.60 Å². The third-order valence-electron chi connectivity index (χ3n) is 5.06. The highest BCUT2D eigenvalue weighted by Gasteiger charge is 2.49. The predicted octanol–water partition coefficient (Wildman–Crippen LogP) is 1.73. The van der Waals surface area contributed by atoms with Crippen LogP contribution in [-0.4, -0.2) is 43.5 Å². The maximum atomic E-state index is 13.1. The SMILES string of the molecule is CC1(C)OC(=O)C[C@H]1C(=O)N1CCC[C@H]1c1nnc2ccccn12. The van der Waals surface area contributed by atoms with Crippen molar-refractivity contribution in [2.45, 2.75) is 44.8 Å². The van der Waals surface area contributed by atoms with Crippen LogP contribution in [0.1, 0.15) is 45.0 Å². The molecule has 0 radical (unpaired) electrons. The molecule has 2 aromatic rings. The molecule has 2 aliphatic rings. The highest BCUT2D eigenvalue weighted by molar-refractivity contribution is 5.88. The van der Waals surface area contributed by atoms with Gasteiger partial charge in [0.25, 0.3) is 0 Å². The molecular weight excluding hydrogens is 308 g/mol. The summed E-state index contributed by atoms with van der Waals surface area (Å²) < 4.78 is 7.25. The van der Waals surface area contributed by atoms with Gasteiger partial charge in [-0.05, 0) is 38.8 Å². The highest BCUT2D eigenvalue weighted by Crippen LogP contribution is 2.38. The first-order chi connectivity index (χ1) is 11.5. The summed E-state index contributed by atoms with van der Waals surface area (Å²) in [6.45, 7) is 4.28. The van der Waals surface area contributed by atoms with E-state index >= 15 is 0 Å². The lowest BCUT2D eigenvalue weighted by molar-refractivity contribution is -0.149. The van der Waals surface area contributed by atoms with Gasteiger partial charge in [-0.2, -0.15) is 0 Å². The monoisotopic (exact) mass is 328 g/mol. The second kappa shape index (κ2) is 5.29. The fraction of sp³-hybridized carbons (Fsp3) is 0.529. The minimum Gasteiger partial charge on any atom is -0.459 e. The molecule has 2 saturated heterocycles. The van der Waals surface area contributed by atoms with Crippen molar-refractivity contribution in [2.24, 2.45) is 5.92 Å². The summed E-state index contributed by atoms with van der Waals surface area (Å²) in [5.41, 5.74) is 0.0142. The normalized spacial score (nSPS) is 26.1. The number of pyridine rings is 1. The maximum absolute atomic E-state index is 13.1. The van der Waals surface area contributed by atoms with Gasteiger partial charge < -0.3 is 9.64 Å². The van der Waals surface area contributed by atoms with Crippen LogP contribution >= 0.6 is 0 Å². The number of ether oxygens (including phenoxy) is 1. The van der Waals surface area contributed by atoms with Crippen LogP contribution in [0.2, 0.25) is 0 Å². The number of cyclic esters (lactones) is 1. The molecule has 0 N–H and O–H groups in total. The fourth-order valence-corrected chi connectivity index (χ4v) is 3.79. The minimum absolute atomic E-state index is 0.0268. The van der Waals surface area contributed by atoms with Gasteiger partial charge in [0.15, 0.2) is 11.5 Å². The van der Waals surface area contributed by atoms with Crippen LogP contribution in [0.5, 0.6) is 0 Å². The number of amides is 1. The van der Waals surface area contributed by atoms with Crippen LogP contribution in [0.15, 0.2) is 24.4 Å². The first-order valence-electron chi connectivity index (χ1n) is 8.29. The quantitative estimate of drug-likeness (QED) is 0.785. The van der Waals surface area contributed by atoms with E-state index in [1.165, 1.54) is 0 Å². The van der Waals surface area contributed by atoms with E-state index < -0.39 is 11.5 Å². The predicted molar refractivity (Wildman–Crippen MR) is 85.0 cm³/mol. The van der Waals surface area contributed by atoms with E-state index in [1.807, 2.05) is 33.7 Å². The lowest BCUT2D eigenvalue weighted by Crippen LogP contribution is -2.43. The number of hydrogen-bond donors (Lipinski definition) is 0. The van der Waals surface area contributed by atoms with Crippen LogP contribution < -0.4 is 0 Å². The van der Waals surface area contributed by atoms with Crippen molar-refractivity contribution in [3.05, 3.63) is 30.2 Å². The van der Waals surface area contributed by atoms with E-state index in [9.17, 15) is 9.59 Å². The van der Waals surface area contributed by atoms with Crippen molar-refractivity contribution in [1.82, 2.24) is 19.5 Å². The van der Waals surface area contributed by atoms with Gasteiger partial charge in [-0.1, -0.05) is 6.07 Å². The molecule has 0 saturated carbocycles. The van der Waals surface area contributed by atoms with Crippen LogP contribution in [0.25, 0.3) is 5.65 Å². The fourth-order valence-electron chi connectivity index (χ4n) is 3.79. The average molecular weight is 328 g/mol. The summed E-state index contributed by atoms with van der Waals surface area (Å²) in [5, 5.41) is 8.50. The third kappa shape index (κ3) is 2.26. The number of nitrogens with zero attached hydrogens (tertiary/aromatic N) is 4. The van der Waals surface area contributed by atoms with Crippen molar-refractivity contribution in [1.29, 1.82) is 0 Å². The van der Waals surface area contributed by atoms with Crippen molar-refractivity contribution in [3.8, 4) is 0 Å². The Labute approximate surface area is 139 Å². The van der Waals surface area contributed by atoms with Gasteiger partial charge in [0.2, 0.25) is 5.91 Å². The Bertz CT molecular complexity index is 813. The Morgan fingerprint density at radius 3 is 2.92 bits per heavy atom. The minimum atomic E-state index is -0.756. The van der Waals surface area contributed by atoms with Crippen LogP contribution in [0.4, 0.5) is 0 Å². The number of carbonyl (C=O) groups excluding carboxylic acids is 2. The molecule has 0 unspecified atom stereocenters. The van der Waals surface area contributed by atoms with Crippen molar-refractivity contribution in [2.75, 3.05) is 6.54 Å². The molecule has 4 rings (SSSR count). The Morgan fingerprint density at radius 2 is 2.17 bits per heavy atom. The lowest BCUT2D eigenvalue weighted by atomic mass is 9.89. The van der Waals surface area contributed by atoms with Crippen molar-refractivity contribution in [3.63, 3.8) is 0 Å². The Morgan fingerprint density at radius 1 is 1.33 bits per heavy atom. The summed E-state index contributed by atoms with van der Waals surface area (Å²) in [6.07, 6.45) is 3.83. The summed E-state index contributed by atoms with van der Waals surface area (Å²) in [7, 11) is 0. The molecule has 1 amide bonds. The molecule has 7 nitrogen and oxygen atoms in total. The molecule has 0 spiro atoms. The third-order valence-corrected chi connectivity index (χ3v) is 5.06. The maximum Gasteiger partial charge on any atom is 0.307 e. The topological polar surface area (TPSA) is 76.8 Å². The van der Waals surface area contributed by atoms with Gasteiger partial charge in [-0.3, -0.25) is 14.0 Å². The molecule has 2 fully saturated rings. The number of rotatable bonds is 2. The first-order valence-corrected chi connectivity index (χ1v) is 8.29. The molecule has 4 heterocycles. The molecular formula is C17H20N4O3. The second-order valence-electron chi connectivity index (χ2n) is 7.01. The zero-order valence-electron chi connectivity index (χ0n) is 13.8. The summed E-state index contributed by atoms with van der Waals surface area (Å²) in [4.78, 5) is 26.6. The number of aromatic nitrogens is 3. The standard InChI is InChI=1S/C17H20N4O3/c1-17(2)11(10-14(22)24-17)16(23)20-9-5-6-12(20)15-19-18-13-7-3-4-8-21(13)15/h3-4,7-8,11-12H,5-6,9-10H2,1-2H3/t11-,12-/m0/s1. The molecule has 0 bridgehead atoms. The van der Waals surface area contributed by atoms with E-state index in [0.717, 1.165) is 24.3 Å². The van der Waals surface area contributed by atoms with Gasteiger partial charge in [0.05, 0.1) is 18.4 Å². The van der Waals surface area contributed by atoms with Crippen molar-refractivity contribution >= 4 is 17.5 Å². The van der Waals surface area contributed by atoms with E-state index in [1.54, 1.807) is 13.8 Å². The van der Waals surface area contributed by atoms with Crippen LogP contribution in [-0.2, 0) is 14.3 Å². The lowest BCUT2D eigenvalue weighted by Gasteiger charge is -2.30. The number of hydrogen-bond acceptors (Lipinski definition) is 5. The summed E-state index contributed by atoms with van der Waals surface area (Å²) in [5.74, 6) is 0.00680. The number of likely N-dealkylation sites (tertiary alicyclic amines) is 1. The highest BCUT2D eigenvalue weighted by atomic mass is 16.6. The largest absolute Gasteiger partial charge is 0.459 e. The Kier molecular flexibility index (Phi) is 3.33. The molecule has 7 heteroatoms. The molecule has 2 atom stereocenters. The Hall–Kier alpha value is -2.44. The number of esters is 1. The molecule has 2 aliphatic heterocycles. The number of carbonyl (C=O) groups is 2. The second-order valence-corrected chi connectivity index (χ2v) is 7.01. The molecule has 126 valence electrons. The van der Waals surface area contributed by atoms with Gasteiger partial charge in [-0.15, -0.1) is 10.2 Å². The first kappa shape index (κ1) is 15.1. The zero-order chi connectivity index (χ0) is 16.9. The molecule has 2 aromatic heterocycles. The van der Waals surface area contributed by atoms with E-state index in [-0.39, 0.29) is 24.3 Å².